The summed E-state index contributed by atoms with van der Waals surface area (Å²) < 4.78 is 11.1. The lowest BCUT2D eigenvalue weighted by Crippen LogP contribution is -2.60. The van der Waals surface area contributed by atoms with Gasteiger partial charge in [-0.25, -0.2) is 0 Å². The Balaban J connectivity index is 2.10. The Hall–Kier alpha value is -0.200. The molecule has 0 radical (unpaired) electrons. The van der Waals surface area contributed by atoms with Gasteiger partial charge < -0.3 is 20.1 Å². The van der Waals surface area contributed by atoms with Crippen LogP contribution >= 0.6 is 0 Å². The molecule has 0 aliphatic carbocycles. The lowest BCUT2D eigenvalue weighted by molar-refractivity contribution is -0.00461. The molecule has 0 saturated carbocycles. The highest BCUT2D eigenvalue weighted by Crippen LogP contribution is 2.34. The zero-order valence-corrected chi connectivity index (χ0v) is 12.8. The van der Waals surface area contributed by atoms with E-state index in [0.717, 1.165) is 39.0 Å². The van der Waals surface area contributed by atoms with Crippen LogP contribution in [0.1, 0.15) is 19.8 Å². The number of hydrogen-bond donors (Lipinski definition) is 1. The van der Waals surface area contributed by atoms with E-state index in [1.54, 1.807) is 14.2 Å². The molecule has 0 spiro atoms. The molecule has 0 aromatic rings. The van der Waals surface area contributed by atoms with Crippen molar-refractivity contribution in [2.75, 3.05) is 47.4 Å². The topological polar surface area (TPSA) is 51.0 Å². The van der Waals surface area contributed by atoms with E-state index in [-0.39, 0.29) is 17.7 Å². The predicted octanol–water partition coefficient (Wildman–Crippen LogP) is 0.144. The van der Waals surface area contributed by atoms with Gasteiger partial charge in [-0.3, -0.25) is 4.90 Å². The van der Waals surface area contributed by atoms with Crippen molar-refractivity contribution in [1.82, 2.24) is 9.80 Å². The zero-order valence-electron chi connectivity index (χ0n) is 12.8. The first kappa shape index (κ1) is 15.2. The molecular weight excluding hydrogens is 242 g/mol. The van der Waals surface area contributed by atoms with E-state index in [4.69, 9.17) is 15.2 Å². The third-order valence-electron chi connectivity index (χ3n) is 5.23. The molecule has 4 atom stereocenters. The first-order chi connectivity index (χ1) is 9.06. The number of methoxy groups -OCH3 is 2. The van der Waals surface area contributed by atoms with Crippen LogP contribution in [0.15, 0.2) is 0 Å². The SMILES string of the molecule is COC1CN(C2(CN)CCN(C)C(C)C2)CC1OC. The van der Waals surface area contributed by atoms with Crippen LogP contribution < -0.4 is 5.73 Å². The molecule has 2 rings (SSSR count). The fourth-order valence-electron chi connectivity index (χ4n) is 3.60. The molecule has 2 saturated heterocycles. The second-order valence-corrected chi connectivity index (χ2v) is 6.17. The minimum Gasteiger partial charge on any atom is -0.377 e. The summed E-state index contributed by atoms with van der Waals surface area (Å²) in [7, 11) is 5.74. The van der Waals surface area contributed by atoms with E-state index < -0.39 is 0 Å². The van der Waals surface area contributed by atoms with Crippen molar-refractivity contribution in [3.8, 4) is 0 Å². The van der Waals surface area contributed by atoms with E-state index >= 15 is 0 Å². The van der Waals surface area contributed by atoms with E-state index in [9.17, 15) is 0 Å². The van der Waals surface area contributed by atoms with Gasteiger partial charge in [0.1, 0.15) is 0 Å². The summed E-state index contributed by atoms with van der Waals surface area (Å²) in [4.78, 5) is 4.93. The summed E-state index contributed by atoms with van der Waals surface area (Å²) in [5.74, 6) is 0. The van der Waals surface area contributed by atoms with Crippen molar-refractivity contribution in [2.24, 2.45) is 5.73 Å². The van der Waals surface area contributed by atoms with Crippen molar-refractivity contribution in [3.05, 3.63) is 0 Å². The van der Waals surface area contributed by atoms with Gasteiger partial charge in [0, 0.05) is 45.4 Å². The summed E-state index contributed by atoms with van der Waals surface area (Å²) in [5, 5.41) is 0. The Bertz CT molecular complexity index is 290. The van der Waals surface area contributed by atoms with Crippen LogP contribution in [0.4, 0.5) is 0 Å². The molecule has 2 heterocycles. The highest BCUT2D eigenvalue weighted by molar-refractivity contribution is 5.03. The molecule has 2 N–H and O–H groups in total. The van der Waals surface area contributed by atoms with Gasteiger partial charge >= 0.3 is 0 Å². The zero-order chi connectivity index (χ0) is 14.0. The van der Waals surface area contributed by atoms with Gasteiger partial charge in [0.2, 0.25) is 0 Å². The van der Waals surface area contributed by atoms with E-state index in [0.29, 0.717) is 6.04 Å². The van der Waals surface area contributed by atoms with Crippen molar-refractivity contribution >= 4 is 0 Å². The fraction of sp³-hybridized carbons (Fsp3) is 1.00. The van der Waals surface area contributed by atoms with Gasteiger partial charge in [0.25, 0.3) is 0 Å². The van der Waals surface area contributed by atoms with Crippen LogP contribution in [0.2, 0.25) is 0 Å². The number of rotatable bonds is 4. The van der Waals surface area contributed by atoms with Crippen LogP contribution in [0.5, 0.6) is 0 Å². The molecule has 112 valence electrons. The molecule has 2 aliphatic rings. The Labute approximate surface area is 117 Å². The number of piperidine rings is 1. The molecular formula is C14H29N3O2. The smallest absolute Gasteiger partial charge is 0.0972 e. The largest absolute Gasteiger partial charge is 0.377 e. The Morgan fingerprint density at radius 2 is 1.79 bits per heavy atom. The molecule has 5 heteroatoms. The maximum Gasteiger partial charge on any atom is 0.0972 e. The van der Waals surface area contributed by atoms with Gasteiger partial charge in [-0.1, -0.05) is 0 Å². The molecule has 0 aromatic carbocycles. The van der Waals surface area contributed by atoms with Crippen LogP contribution in [0.3, 0.4) is 0 Å². The summed E-state index contributed by atoms with van der Waals surface area (Å²) in [5.41, 5.74) is 6.28. The van der Waals surface area contributed by atoms with E-state index in [1.807, 2.05) is 0 Å². The van der Waals surface area contributed by atoms with Crippen LogP contribution in [0, 0.1) is 0 Å². The van der Waals surface area contributed by atoms with Crippen LogP contribution in [0.25, 0.3) is 0 Å². The fourth-order valence-corrected chi connectivity index (χ4v) is 3.60. The third kappa shape index (κ3) is 2.81. The Kier molecular flexibility index (Phi) is 4.84. The molecule has 19 heavy (non-hydrogen) atoms. The third-order valence-corrected chi connectivity index (χ3v) is 5.23. The average molecular weight is 271 g/mol. The Morgan fingerprint density at radius 1 is 1.21 bits per heavy atom. The summed E-state index contributed by atoms with van der Waals surface area (Å²) >= 11 is 0. The summed E-state index contributed by atoms with van der Waals surface area (Å²) in [6.45, 7) is 5.99. The maximum absolute atomic E-state index is 6.16. The van der Waals surface area contributed by atoms with Gasteiger partial charge in [-0.2, -0.15) is 0 Å². The first-order valence-corrected chi connectivity index (χ1v) is 7.27. The lowest BCUT2D eigenvalue weighted by atomic mass is 9.82. The van der Waals surface area contributed by atoms with Crippen molar-refractivity contribution in [3.63, 3.8) is 0 Å². The second-order valence-electron chi connectivity index (χ2n) is 6.17. The molecule has 2 fully saturated rings. The van der Waals surface area contributed by atoms with Gasteiger partial charge in [-0.05, 0) is 33.4 Å². The highest BCUT2D eigenvalue weighted by Gasteiger charge is 2.46. The van der Waals surface area contributed by atoms with Crippen LogP contribution in [-0.2, 0) is 9.47 Å². The summed E-state index contributed by atoms with van der Waals surface area (Å²) in [6, 6.07) is 0.583. The first-order valence-electron chi connectivity index (χ1n) is 7.27. The molecule has 0 amide bonds. The van der Waals surface area contributed by atoms with Crippen molar-refractivity contribution in [1.29, 1.82) is 0 Å². The molecule has 0 aromatic heterocycles. The summed E-state index contributed by atoms with van der Waals surface area (Å²) in [6.07, 6.45) is 2.61. The average Bonchev–Trinajstić information content (AvgIpc) is 2.86. The normalized spacial score (nSPS) is 41.8. The quantitative estimate of drug-likeness (QED) is 0.788. The number of ether oxygens (including phenoxy) is 2. The molecule has 5 nitrogen and oxygen atoms in total. The van der Waals surface area contributed by atoms with Gasteiger partial charge in [0.15, 0.2) is 0 Å². The minimum absolute atomic E-state index is 0.121. The van der Waals surface area contributed by atoms with E-state index in [1.165, 1.54) is 0 Å². The number of hydrogen-bond acceptors (Lipinski definition) is 5. The highest BCUT2D eigenvalue weighted by atomic mass is 16.5. The van der Waals surface area contributed by atoms with Crippen molar-refractivity contribution in [2.45, 2.75) is 43.6 Å². The molecule has 4 unspecified atom stereocenters. The molecule has 0 bridgehead atoms. The monoisotopic (exact) mass is 271 g/mol. The standard InChI is InChI=1S/C14H29N3O2/c1-11-7-14(10-15,5-6-16(11)2)17-8-12(18-3)13(9-17)19-4/h11-13H,5-10,15H2,1-4H3. The predicted molar refractivity (Wildman–Crippen MR) is 76.3 cm³/mol. The maximum atomic E-state index is 6.16. The minimum atomic E-state index is 0.121. The number of likely N-dealkylation sites (tertiary alicyclic amines) is 2. The van der Waals surface area contributed by atoms with Crippen molar-refractivity contribution < 1.29 is 9.47 Å². The number of nitrogens with zero attached hydrogens (tertiary/aromatic N) is 2. The van der Waals surface area contributed by atoms with E-state index in [2.05, 4.69) is 23.8 Å². The van der Waals surface area contributed by atoms with Crippen LogP contribution in [-0.4, -0.2) is 81.0 Å². The second kappa shape index (κ2) is 6.06. The van der Waals surface area contributed by atoms with Gasteiger partial charge in [0.05, 0.1) is 12.2 Å². The lowest BCUT2D eigenvalue weighted by Gasteiger charge is -2.49. The molecule has 2 aliphatic heterocycles. The number of nitrogens with two attached hydrogens (primary N) is 1. The Morgan fingerprint density at radius 3 is 2.21 bits per heavy atom. The van der Waals surface area contributed by atoms with Gasteiger partial charge in [-0.15, -0.1) is 0 Å².